The highest BCUT2D eigenvalue weighted by molar-refractivity contribution is 6.33. The molecule has 0 saturated carbocycles. The Balaban J connectivity index is 2.46. The molecule has 0 aromatic heterocycles. The van der Waals surface area contributed by atoms with Gasteiger partial charge in [-0.1, -0.05) is 20.3 Å². The summed E-state index contributed by atoms with van der Waals surface area (Å²) in [5.74, 6) is 0.0537. The SMILES string of the molecule is COC(OC)[SiH2]N1[C@H](C)CCC[C@@H]1C. The molecule has 1 fully saturated rings. The lowest BCUT2D eigenvalue weighted by Gasteiger charge is -2.40. The molecule has 0 unspecified atom stereocenters. The molecule has 0 aliphatic carbocycles. The van der Waals surface area contributed by atoms with E-state index < -0.39 is 9.68 Å². The Labute approximate surface area is 89.7 Å². The number of nitrogens with zero attached hydrogens (tertiary/aromatic N) is 1. The quantitative estimate of drug-likeness (QED) is 0.516. The van der Waals surface area contributed by atoms with Gasteiger partial charge in [-0.05, 0) is 12.8 Å². The summed E-state index contributed by atoms with van der Waals surface area (Å²) in [5.41, 5.74) is 0. The molecule has 14 heavy (non-hydrogen) atoms. The van der Waals surface area contributed by atoms with Crippen molar-refractivity contribution < 1.29 is 9.47 Å². The summed E-state index contributed by atoms with van der Waals surface area (Å²) in [7, 11) is 3.05. The van der Waals surface area contributed by atoms with E-state index >= 15 is 0 Å². The minimum Gasteiger partial charge on any atom is -0.359 e. The summed E-state index contributed by atoms with van der Waals surface area (Å²) in [6.07, 6.45) is 4.03. The van der Waals surface area contributed by atoms with Crippen molar-refractivity contribution in [2.24, 2.45) is 0 Å². The van der Waals surface area contributed by atoms with Crippen LogP contribution in [0.2, 0.25) is 0 Å². The maximum atomic E-state index is 5.30. The second-order valence-electron chi connectivity index (χ2n) is 4.23. The molecule has 0 radical (unpaired) electrons. The van der Waals surface area contributed by atoms with E-state index in [2.05, 4.69) is 18.4 Å². The monoisotopic (exact) mass is 217 g/mol. The van der Waals surface area contributed by atoms with Gasteiger partial charge in [0, 0.05) is 26.3 Å². The van der Waals surface area contributed by atoms with Gasteiger partial charge < -0.3 is 14.0 Å². The van der Waals surface area contributed by atoms with E-state index in [-0.39, 0.29) is 5.91 Å². The molecule has 3 nitrogen and oxygen atoms in total. The molecule has 0 amide bonds. The summed E-state index contributed by atoms with van der Waals surface area (Å²) in [5, 5.41) is 0. The van der Waals surface area contributed by atoms with Crippen molar-refractivity contribution in [2.75, 3.05) is 14.2 Å². The minimum atomic E-state index is -0.427. The molecule has 1 rings (SSSR count). The van der Waals surface area contributed by atoms with Gasteiger partial charge in [0.25, 0.3) is 0 Å². The zero-order valence-electron chi connectivity index (χ0n) is 9.82. The van der Waals surface area contributed by atoms with Crippen LogP contribution in [0.1, 0.15) is 33.1 Å². The zero-order valence-corrected chi connectivity index (χ0v) is 11.2. The predicted octanol–water partition coefficient (Wildman–Crippen LogP) is 0.909. The van der Waals surface area contributed by atoms with Crippen LogP contribution in [0.3, 0.4) is 0 Å². The van der Waals surface area contributed by atoms with Crippen LogP contribution >= 0.6 is 0 Å². The molecule has 4 heteroatoms. The number of ether oxygens (including phenoxy) is 2. The first kappa shape index (κ1) is 12.2. The topological polar surface area (TPSA) is 21.7 Å². The number of hydrogen-bond acceptors (Lipinski definition) is 3. The first-order valence-electron chi connectivity index (χ1n) is 5.50. The van der Waals surface area contributed by atoms with Crippen LogP contribution in [0, 0.1) is 0 Å². The minimum absolute atomic E-state index is 0.0537. The van der Waals surface area contributed by atoms with Gasteiger partial charge in [0.2, 0.25) is 0 Å². The van der Waals surface area contributed by atoms with Crippen LogP contribution < -0.4 is 0 Å². The number of methoxy groups -OCH3 is 2. The smallest absolute Gasteiger partial charge is 0.162 e. The molecule has 0 N–H and O–H groups in total. The van der Waals surface area contributed by atoms with Gasteiger partial charge in [-0.2, -0.15) is 0 Å². The summed E-state index contributed by atoms with van der Waals surface area (Å²) in [6, 6.07) is 1.44. The van der Waals surface area contributed by atoms with Gasteiger partial charge in [0.15, 0.2) is 9.68 Å². The van der Waals surface area contributed by atoms with E-state index in [9.17, 15) is 0 Å². The summed E-state index contributed by atoms with van der Waals surface area (Å²) >= 11 is 0. The fourth-order valence-corrected chi connectivity index (χ4v) is 3.98. The predicted molar refractivity (Wildman–Crippen MR) is 61.0 cm³/mol. The molecule has 84 valence electrons. The summed E-state index contributed by atoms with van der Waals surface area (Å²) in [4.78, 5) is 0. The third-order valence-corrected chi connectivity index (χ3v) is 5.89. The normalized spacial score (nSPS) is 30.6. The highest BCUT2D eigenvalue weighted by Gasteiger charge is 2.27. The zero-order chi connectivity index (χ0) is 10.6. The standard InChI is InChI=1S/C10H23NO2Si/c1-8-6-5-7-9(2)11(8)14-10(12-3)13-4/h8-10H,5-7,14H2,1-4H3/t8-,9+. The molecule has 0 spiro atoms. The van der Waals surface area contributed by atoms with E-state index in [4.69, 9.17) is 9.47 Å². The largest absolute Gasteiger partial charge is 0.359 e. The molecule has 0 bridgehead atoms. The lowest BCUT2D eigenvalue weighted by molar-refractivity contribution is -0.0511. The van der Waals surface area contributed by atoms with E-state index in [1.165, 1.54) is 19.3 Å². The lowest BCUT2D eigenvalue weighted by Crippen LogP contribution is -2.50. The molecule has 1 saturated heterocycles. The fourth-order valence-electron chi connectivity index (χ4n) is 2.25. The van der Waals surface area contributed by atoms with Crippen molar-refractivity contribution in [3.63, 3.8) is 0 Å². The van der Waals surface area contributed by atoms with Crippen LogP contribution in [0.5, 0.6) is 0 Å². The van der Waals surface area contributed by atoms with Gasteiger partial charge in [-0.3, -0.25) is 0 Å². The van der Waals surface area contributed by atoms with Crippen molar-refractivity contribution in [3.05, 3.63) is 0 Å². The maximum Gasteiger partial charge on any atom is 0.162 e. The average Bonchev–Trinajstić information content (AvgIpc) is 2.18. The Morgan fingerprint density at radius 3 is 2.07 bits per heavy atom. The van der Waals surface area contributed by atoms with E-state index in [0.29, 0.717) is 0 Å². The van der Waals surface area contributed by atoms with E-state index in [1.54, 1.807) is 14.2 Å². The number of hydrogen-bond donors (Lipinski definition) is 0. The molecular weight excluding hydrogens is 194 g/mol. The van der Waals surface area contributed by atoms with Gasteiger partial charge >= 0.3 is 0 Å². The molecule has 1 heterocycles. The molecular formula is C10H23NO2Si. The van der Waals surface area contributed by atoms with Crippen molar-refractivity contribution in [1.82, 2.24) is 4.57 Å². The molecule has 0 aromatic carbocycles. The summed E-state index contributed by atoms with van der Waals surface area (Å²) in [6.45, 7) is 4.65. The van der Waals surface area contributed by atoms with Crippen LogP contribution in [0.15, 0.2) is 0 Å². The fraction of sp³-hybridized carbons (Fsp3) is 1.00. The number of rotatable bonds is 4. The maximum absolute atomic E-state index is 5.30. The first-order chi connectivity index (χ1) is 6.69. The van der Waals surface area contributed by atoms with Crippen molar-refractivity contribution in [1.29, 1.82) is 0 Å². The Kier molecular flexibility index (Phi) is 5.09. The first-order valence-corrected chi connectivity index (χ1v) is 6.95. The Bertz CT molecular complexity index is 154. The molecule has 1 aliphatic rings. The third-order valence-electron chi connectivity index (χ3n) is 3.26. The second kappa shape index (κ2) is 5.85. The highest BCUT2D eigenvalue weighted by Crippen LogP contribution is 2.21. The van der Waals surface area contributed by atoms with Crippen LogP contribution in [0.25, 0.3) is 0 Å². The van der Waals surface area contributed by atoms with Crippen molar-refractivity contribution in [2.45, 2.75) is 51.1 Å². The Hall–Kier alpha value is 0.0969. The molecule has 1 aliphatic heterocycles. The number of piperidine rings is 1. The van der Waals surface area contributed by atoms with Crippen molar-refractivity contribution >= 4 is 9.68 Å². The van der Waals surface area contributed by atoms with Gasteiger partial charge in [-0.25, -0.2) is 0 Å². The lowest BCUT2D eigenvalue weighted by atomic mass is 10.0. The van der Waals surface area contributed by atoms with Gasteiger partial charge in [0.1, 0.15) is 5.91 Å². The summed E-state index contributed by atoms with van der Waals surface area (Å²) < 4.78 is 13.2. The van der Waals surface area contributed by atoms with Gasteiger partial charge in [-0.15, -0.1) is 0 Å². The van der Waals surface area contributed by atoms with E-state index in [0.717, 1.165) is 12.1 Å². The van der Waals surface area contributed by atoms with Crippen LogP contribution in [-0.4, -0.2) is 46.5 Å². The van der Waals surface area contributed by atoms with Crippen molar-refractivity contribution in [3.8, 4) is 0 Å². The average molecular weight is 217 g/mol. The van der Waals surface area contributed by atoms with Gasteiger partial charge in [0.05, 0.1) is 0 Å². The second-order valence-corrected chi connectivity index (χ2v) is 5.99. The van der Waals surface area contributed by atoms with Crippen LogP contribution in [-0.2, 0) is 9.47 Å². The highest BCUT2D eigenvalue weighted by atomic mass is 28.2. The van der Waals surface area contributed by atoms with Crippen LogP contribution in [0.4, 0.5) is 0 Å². The molecule has 0 aromatic rings. The Morgan fingerprint density at radius 2 is 1.64 bits per heavy atom. The Morgan fingerprint density at radius 1 is 1.14 bits per heavy atom. The third kappa shape index (κ3) is 3.05. The van der Waals surface area contributed by atoms with E-state index in [1.807, 2.05) is 0 Å². The molecule has 2 atom stereocenters.